The highest BCUT2D eigenvalue weighted by Crippen LogP contribution is 2.03. The van der Waals surface area contributed by atoms with Crippen LogP contribution in [0.2, 0.25) is 0 Å². The number of hydrogen-bond donors (Lipinski definition) is 2. The molecule has 0 heterocycles. The van der Waals surface area contributed by atoms with E-state index in [-0.39, 0.29) is 25.2 Å². The van der Waals surface area contributed by atoms with Gasteiger partial charge in [-0.1, -0.05) is 0 Å². The van der Waals surface area contributed by atoms with E-state index in [4.69, 9.17) is 19.7 Å². The molecule has 0 rings (SSSR count). The molecule has 0 saturated heterocycles. The van der Waals surface area contributed by atoms with Crippen LogP contribution in [0.3, 0.4) is 0 Å². The Bertz CT molecular complexity index is 181. The molecule has 0 fully saturated rings. The molecule has 0 saturated carbocycles. The zero-order valence-corrected chi connectivity index (χ0v) is 10.1. The van der Waals surface area contributed by atoms with Gasteiger partial charge in [-0.05, 0) is 13.8 Å². The molecule has 16 heavy (non-hydrogen) atoms. The highest BCUT2D eigenvalue weighted by molar-refractivity contribution is 5.67. The summed E-state index contributed by atoms with van der Waals surface area (Å²) in [6.07, 6.45) is -0.794. The number of esters is 2. The van der Waals surface area contributed by atoms with E-state index in [0.29, 0.717) is 0 Å². The van der Waals surface area contributed by atoms with Gasteiger partial charge in [-0.15, -0.1) is 0 Å². The second-order valence-corrected chi connectivity index (χ2v) is 3.08. The Hall–Kier alpha value is -1.14. The Morgan fingerprint density at radius 3 is 1.31 bits per heavy atom. The summed E-state index contributed by atoms with van der Waals surface area (Å²) in [6, 6.07) is 0. The maximum atomic E-state index is 10.5. The molecular formula is C10H20O6. The molecule has 2 N–H and O–H groups in total. The summed E-state index contributed by atoms with van der Waals surface area (Å²) in [5.41, 5.74) is 0. The third-order valence-electron chi connectivity index (χ3n) is 1.46. The minimum absolute atomic E-state index is 0.125. The molecule has 0 aliphatic rings. The summed E-state index contributed by atoms with van der Waals surface area (Å²) < 4.78 is 9.59. The molecule has 0 aliphatic heterocycles. The lowest BCUT2D eigenvalue weighted by Crippen LogP contribution is -2.29. The summed E-state index contributed by atoms with van der Waals surface area (Å²) in [6.45, 7) is 5.73. The van der Waals surface area contributed by atoms with Crippen LogP contribution in [0.4, 0.5) is 0 Å². The van der Waals surface area contributed by atoms with Gasteiger partial charge in [0.25, 0.3) is 0 Å². The van der Waals surface area contributed by atoms with E-state index >= 15 is 0 Å². The zero-order valence-electron chi connectivity index (χ0n) is 10.1. The lowest BCUT2D eigenvalue weighted by atomic mass is 10.2. The first kappa shape index (κ1) is 17.3. The highest BCUT2D eigenvalue weighted by atomic mass is 16.6. The van der Waals surface area contributed by atoms with Crippen LogP contribution < -0.4 is 0 Å². The standard InChI is InChI=1S/C8H14O4.C2H6O2/c1-5(11-7(3)9)6(2)12-8(4)10;3-1-2-4/h5-6H,1-4H3;3-4H,1-2H2. The average molecular weight is 236 g/mol. The molecule has 0 aromatic carbocycles. The summed E-state index contributed by atoms with van der Waals surface area (Å²) in [5.74, 6) is -0.747. The summed E-state index contributed by atoms with van der Waals surface area (Å²) in [5, 5.41) is 15.2. The Morgan fingerprint density at radius 1 is 0.938 bits per heavy atom. The fourth-order valence-electron chi connectivity index (χ4n) is 0.715. The van der Waals surface area contributed by atoms with E-state index < -0.39 is 12.2 Å². The lowest BCUT2D eigenvalue weighted by Gasteiger charge is -2.18. The zero-order chi connectivity index (χ0) is 13.1. The molecule has 6 heteroatoms. The SMILES string of the molecule is CC(=O)OC(C)C(C)OC(C)=O.OCCO. The van der Waals surface area contributed by atoms with Gasteiger partial charge < -0.3 is 19.7 Å². The molecular weight excluding hydrogens is 216 g/mol. The third kappa shape index (κ3) is 12.9. The topological polar surface area (TPSA) is 93.1 Å². The summed E-state index contributed by atoms with van der Waals surface area (Å²) in [7, 11) is 0. The lowest BCUT2D eigenvalue weighted by molar-refractivity contribution is -0.162. The molecule has 0 spiro atoms. The van der Waals surface area contributed by atoms with Crippen LogP contribution in [0, 0.1) is 0 Å². The molecule has 2 atom stereocenters. The average Bonchev–Trinajstić information content (AvgIpc) is 2.16. The second kappa shape index (κ2) is 10.4. The first-order valence-electron chi connectivity index (χ1n) is 4.91. The molecule has 0 amide bonds. The van der Waals surface area contributed by atoms with Crippen molar-refractivity contribution in [2.75, 3.05) is 13.2 Å². The number of aliphatic hydroxyl groups is 2. The van der Waals surface area contributed by atoms with Crippen molar-refractivity contribution < 1.29 is 29.3 Å². The first-order chi connectivity index (χ1) is 7.34. The second-order valence-electron chi connectivity index (χ2n) is 3.08. The van der Waals surface area contributed by atoms with Crippen molar-refractivity contribution in [2.24, 2.45) is 0 Å². The Labute approximate surface area is 95.2 Å². The van der Waals surface area contributed by atoms with E-state index in [1.807, 2.05) is 0 Å². The van der Waals surface area contributed by atoms with Gasteiger partial charge in [-0.2, -0.15) is 0 Å². The van der Waals surface area contributed by atoms with Crippen molar-refractivity contribution in [2.45, 2.75) is 39.9 Å². The molecule has 0 aromatic rings. The molecule has 96 valence electrons. The quantitative estimate of drug-likeness (QED) is 0.660. The number of rotatable bonds is 4. The first-order valence-corrected chi connectivity index (χ1v) is 4.91. The van der Waals surface area contributed by atoms with Crippen molar-refractivity contribution in [1.82, 2.24) is 0 Å². The Kier molecular flexibility index (Phi) is 11.2. The molecule has 2 unspecified atom stereocenters. The van der Waals surface area contributed by atoms with Crippen molar-refractivity contribution in [3.05, 3.63) is 0 Å². The van der Waals surface area contributed by atoms with Crippen LogP contribution in [0.15, 0.2) is 0 Å². The number of aliphatic hydroxyl groups excluding tert-OH is 2. The van der Waals surface area contributed by atoms with Crippen LogP contribution >= 0.6 is 0 Å². The van der Waals surface area contributed by atoms with Gasteiger partial charge in [0, 0.05) is 13.8 Å². The molecule has 0 aliphatic carbocycles. The fourth-order valence-corrected chi connectivity index (χ4v) is 0.715. The monoisotopic (exact) mass is 236 g/mol. The van der Waals surface area contributed by atoms with Gasteiger partial charge in [0.05, 0.1) is 13.2 Å². The normalized spacial score (nSPS) is 12.9. The molecule has 0 aromatic heterocycles. The van der Waals surface area contributed by atoms with E-state index in [2.05, 4.69) is 0 Å². The van der Waals surface area contributed by atoms with Crippen LogP contribution in [0.25, 0.3) is 0 Å². The van der Waals surface area contributed by atoms with Crippen molar-refractivity contribution in [3.63, 3.8) is 0 Å². The minimum Gasteiger partial charge on any atom is -0.459 e. The van der Waals surface area contributed by atoms with Crippen LogP contribution in [-0.4, -0.2) is 47.6 Å². The van der Waals surface area contributed by atoms with E-state index in [0.717, 1.165) is 0 Å². The van der Waals surface area contributed by atoms with Crippen LogP contribution in [0.5, 0.6) is 0 Å². The van der Waals surface area contributed by atoms with Gasteiger partial charge in [-0.25, -0.2) is 0 Å². The number of carbonyl (C=O) groups is 2. The predicted octanol–water partition coefficient (Wildman–Crippen LogP) is -0.139. The van der Waals surface area contributed by atoms with E-state index in [1.54, 1.807) is 13.8 Å². The van der Waals surface area contributed by atoms with Gasteiger partial charge in [-0.3, -0.25) is 9.59 Å². The van der Waals surface area contributed by atoms with Gasteiger partial charge in [0.2, 0.25) is 0 Å². The maximum absolute atomic E-state index is 10.5. The molecule has 6 nitrogen and oxygen atoms in total. The minimum atomic E-state index is -0.397. The summed E-state index contributed by atoms with van der Waals surface area (Å²) in [4.78, 5) is 21.0. The largest absolute Gasteiger partial charge is 0.459 e. The maximum Gasteiger partial charge on any atom is 0.303 e. The van der Waals surface area contributed by atoms with Gasteiger partial charge in [0.1, 0.15) is 12.2 Å². The van der Waals surface area contributed by atoms with Crippen LogP contribution in [-0.2, 0) is 19.1 Å². The smallest absolute Gasteiger partial charge is 0.303 e. The predicted molar refractivity (Wildman–Crippen MR) is 56.6 cm³/mol. The van der Waals surface area contributed by atoms with Crippen molar-refractivity contribution in [1.29, 1.82) is 0 Å². The van der Waals surface area contributed by atoms with Gasteiger partial charge >= 0.3 is 11.9 Å². The fraction of sp³-hybridized carbons (Fsp3) is 0.800. The molecule has 0 bridgehead atoms. The van der Waals surface area contributed by atoms with Crippen molar-refractivity contribution in [3.8, 4) is 0 Å². The van der Waals surface area contributed by atoms with E-state index in [9.17, 15) is 9.59 Å². The summed E-state index contributed by atoms with van der Waals surface area (Å²) >= 11 is 0. The highest BCUT2D eigenvalue weighted by Gasteiger charge is 2.16. The number of carbonyl (C=O) groups excluding carboxylic acids is 2. The number of hydrogen-bond acceptors (Lipinski definition) is 6. The third-order valence-corrected chi connectivity index (χ3v) is 1.46. The number of ether oxygens (including phenoxy) is 2. The van der Waals surface area contributed by atoms with E-state index in [1.165, 1.54) is 13.8 Å². The van der Waals surface area contributed by atoms with Gasteiger partial charge in [0.15, 0.2) is 0 Å². The Balaban J connectivity index is 0. The Morgan fingerprint density at radius 2 is 1.19 bits per heavy atom. The van der Waals surface area contributed by atoms with Crippen LogP contribution in [0.1, 0.15) is 27.7 Å². The molecule has 0 radical (unpaired) electrons. The van der Waals surface area contributed by atoms with Crippen molar-refractivity contribution >= 4 is 11.9 Å².